The van der Waals surface area contributed by atoms with Crippen LogP contribution in [0.1, 0.15) is 32.6 Å². The summed E-state index contributed by atoms with van der Waals surface area (Å²) in [6.45, 7) is 2.30. The Morgan fingerprint density at radius 2 is 2.18 bits per heavy atom. The van der Waals surface area contributed by atoms with Crippen molar-refractivity contribution < 1.29 is 0 Å². The van der Waals surface area contributed by atoms with E-state index >= 15 is 0 Å². The van der Waals surface area contributed by atoms with Gasteiger partial charge in [-0.15, -0.1) is 0 Å². The lowest BCUT2D eigenvalue weighted by molar-refractivity contribution is 0.358. The van der Waals surface area contributed by atoms with Crippen LogP contribution in [0.15, 0.2) is 18.6 Å². The van der Waals surface area contributed by atoms with Crippen LogP contribution in [0.3, 0.4) is 0 Å². The molecule has 1 saturated carbocycles. The molecular formula is C15H21ClN6. The highest BCUT2D eigenvalue weighted by Gasteiger charge is 2.20. The molecule has 0 aliphatic heterocycles. The maximum atomic E-state index is 6.23. The van der Waals surface area contributed by atoms with Gasteiger partial charge in [0.05, 0.1) is 18.1 Å². The van der Waals surface area contributed by atoms with Gasteiger partial charge in [-0.1, -0.05) is 31.4 Å². The van der Waals surface area contributed by atoms with E-state index in [0.29, 0.717) is 22.8 Å². The average Bonchev–Trinajstić information content (AvgIpc) is 2.88. The Hall–Kier alpha value is -1.82. The zero-order valence-electron chi connectivity index (χ0n) is 12.9. The molecule has 2 unspecified atom stereocenters. The van der Waals surface area contributed by atoms with Crippen LogP contribution in [0.2, 0.25) is 5.02 Å². The van der Waals surface area contributed by atoms with Crippen molar-refractivity contribution in [3.8, 4) is 0 Å². The van der Waals surface area contributed by atoms with Crippen LogP contribution in [-0.2, 0) is 7.05 Å². The van der Waals surface area contributed by atoms with Gasteiger partial charge in [-0.3, -0.25) is 4.68 Å². The quantitative estimate of drug-likeness (QED) is 0.901. The second-order valence-electron chi connectivity index (χ2n) is 6.03. The molecule has 2 heterocycles. The maximum Gasteiger partial charge on any atom is 0.229 e. The highest BCUT2D eigenvalue weighted by Crippen LogP contribution is 2.28. The highest BCUT2D eigenvalue weighted by atomic mass is 35.5. The first-order valence-corrected chi connectivity index (χ1v) is 8.02. The standard InChI is InChI=1S/C15H21ClN6/c1-10-4-3-5-11(6-10)19-14-13(16)8-17-15(21-14)20-12-7-18-22(2)9-12/h7-11H,3-6H2,1-2H3,(H2,17,19,20,21). The summed E-state index contributed by atoms with van der Waals surface area (Å²) in [5.74, 6) is 1.96. The molecule has 1 aliphatic carbocycles. The monoisotopic (exact) mass is 320 g/mol. The summed E-state index contributed by atoms with van der Waals surface area (Å²) in [4.78, 5) is 8.71. The van der Waals surface area contributed by atoms with E-state index in [1.807, 2.05) is 13.2 Å². The van der Waals surface area contributed by atoms with Crippen molar-refractivity contribution in [3.05, 3.63) is 23.6 Å². The molecule has 2 N–H and O–H groups in total. The maximum absolute atomic E-state index is 6.23. The summed E-state index contributed by atoms with van der Waals surface area (Å²) >= 11 is 6.23. The normalized spacial score (nSPS) is 21.6. The third-order valence-corrected chi connectivity index (χ3v) is 4.26. The molecule has 1 fully saturated rings. The molecular weight excluding hydrogens is 300 g/mol. The molecule has 6 nitrogen and oxygen atoms in total. The number of aromatic nitrogens is 4. The van der Waals surface area contributed by atoms with Crippen molar-refractivity contribution in [1.29, 1.82) is 0 Å². The van der Waals surface area contributed by atoms with Gasteiger partial charge in [0.1, 0.15) is 5.02 Å². The zero-order valence-corrected chi connectivity index (χ0v) is 13.6. The number of nitrogens with one attached hydrogen (secondary N) is 2. The van der Waals surface area contributed by atoms with Gasteiger partial charge >= 0.3 is 0 Å². The number of hydrogen-bond donors (Lipinski definition) is 2. The molecule has 22 heavy (non-hydrogen) atoms. The van der Waals surface area contributed by atoms with Crippen molar-refractivity contribution in [2.45, 2.75) is 38.6 Å². The minimum Gasteiger partial charge on any atom is -0.366 e. The predicted octanol–water partition coefficient (Wildman–Crippen LogP) is 3.60. The van der Waals surface area contributed by atoms with Crippen molar-refractivity contribution in [2.24, 2.45) is 13.0 Å². The number of aryl methyl sites for hydroxylation is 1. The number of nitrogens with zero attached hydrogens (tertiary/aromatic N) is 4. The molecule has 2 aromatic rings. The molecule has 0 saturated heterocycles. The van der Waals surface area contributed by atoms with Crippen LogP contribution < -0.4 is 10.6 Å². The molecule has 0 aromatic carbocycles. The molecule has 3 rings (SSSR count). The van der Waals surface area contributed by atoms with Gasteiger partial charge < -0.3 is 10.6 Å². The summed E-state index contributed by atoms with van der Waals surface area (Å²) in [7, 11) is 1.87. The molecule has 2 aromatic heterocycles. The summed E-state index contributed by atoms with van der Waals surface area (Å²) in [6.07, 6.45) is 10.1. The Morgan fingerprint density at radius 1 is 1.32 bits per heavy atom. The van der Waals surface area contributed by atoms with E-state index in [1.165, 1.54) is 12.8 Å². The van der Waals surface area contributed by atoms with Gasteiger partial charge in [0.15, 0.2) is 5.82 Å². The summed E-state index contributed by atoms with van der Waals surface area (Å²) in [5, 5.41) is 11.3. The Bertz CT molecular complexity index is 641. The van der Waals surface area contributed by atoms with Gasteiger partial charge in [-0.25, -0.2) is 4.98 Å². The van der Waals surface area contributed by atoms with Crippen LogP contribution in [-0.4, -0.2) is 25.8 Å². The molecule has 2 atom stereocenters. The number of anilines is 3. The van der Waals surface area contributed by atoms with E-state index in [0.717, 1.165) is 24.4 Å². The van der Waals surface area contributed by atoms with E-state index in [1.54, 1.807) is 17.1 Å². The average molecular weight is 321 g/mol. The minimum absolute atomic E-state index is 0.433. The van der Waals surface area contributed by atoms with E-state index in [4.69, 9.17) is 11.6 Å². The largest absolute Gasteiger partial charge is 0.366 e. The molecule has 118 valence electrons. The topological polar surface area (TPSA) is 67.7 Å². The molecule has 7 heteroatoms. The van der Waals surface area contributed by atoms with E-state index in [9.17, 15) is 0 Å². The van der Waals surface area contributed by atoms with Crippen molar-refractivity contribution in [1.82, 2.24) is 19.7 Å². The van der Waals surface area contributed by atoms with Crippen molar-refractivity contribution in [3.63, 3.8) is 0 Å². The van der Waals surface area contributed by atoms with E-state index in [2.05, 4.69) is 32.6 Å². The second-order valence-corrected chi connectivity index (χ2v) is 6.44. The first-order valence-electron chi connectivity index (χ1n) is 7.65. The van der Waals surface area contributed by atoms with Crippen LogP contribution in [0, 0.1) is 5.92 Å². The van der Waals surface area contributed by atoms with Crippen LogP contribution >= 0.6 is 11.6 Å². The van der Waals surface area contributed by atoms with Crippen LogP contribution in [0.25, 0.3) is 0 Å². The second kappa shape index (κ2) is 6.52. The number of hydrogen-bond acceptors (Lipinski definition) is 5. The highest BCUT2D eigenvalue weighted by molar-refractivity contribution is 6.32. The number of rotatable bonds is 4. The minimum atomic E-state index is 0.433. The molecule has 0 amide bonds. The van der Waals surface area contributed by atoms with E-state index in [-0.39, 0.29) is 0 Å². The Morgan fingerprint density at radius 3 is 2.91 bits per heavy atom. The summed E-state index contributed by atoms with van der Waals surface area (Å²) in [6, 6.07) is 0.433. The fourth-order valence-electron chi connectivity index (χ4n) is 2.90. The van der Waals surface area contributed by atoms with Crippen LogP contribution in [0.5, 0.6) is 0 Å². The van der Waals surface area contributed by atoms with Gasteiger partial charge in [0, 0.05) is 19.3 Å². The van der Waals surface area contributed by atoms with E-state index < -0.39 is 0 Å². The third-order valence-electron chi connectivity index (χ3n) is 3.98. The number of halogens is 1. The lowest BCUT2D eigenvalue weighted by Gasteiger charge is -2.28. The Kier molecular flexibility index (Phi) is 4.47. The van der Waals surface area contributed by atoms with Gasteiger partial charge in [-0.05, 0) is 18.8 Å². The zero-order chi connectivity index (χ0) is 15.5. The molecule has 1 aliphatic rings. The van der Waals surface area contributed by atoms with Gasteiger partial charge in [0.25, 0.3) is 0 Å². The lowest BCUT2D eigenvalue weighted by atomic mass is 9.87. The van der Waals surface area contributed by atoms with Crippen molar-refractivity contribution >= 4 is 29.1 Å². The predicted molar refractivity (Wildman–Crippen MR) is 88.6 cm³/mol. The summed E-state index contributed by atoms with van der Waals surface area (Å²) < 4.78 is 1.72. The first kappa shape index (κ1) is 15.1. The smallest absolute Gasteiger partial charge is 0.229 e. The Labute approximate surface area is 135 Å². The lowest BCUT2D eigenvalue weighted by Crippen LogP contribution is -2.26. The fraction of sp³-hybridized carbons (Fsp3) is 0.533. The molecule has 0 radical (unpaired) electrons. The van der Waals surface area contributed by atoms with Gasteiger partial charge in [-0.2, -0.15) is 10.1 Å². The van der Waals surface area contributed by atoms with Crippen molar-refractivity contribution in [2.75, 3.05) is 10.6 Å². The SMILES string of the molecule is CC1CCCC(Nc2nc(Nc3cnn(C)c3)ncc2Cl)C1. The fourth-order valence-corrected chi connectivity index (χ4v) is 3.05. The van der Waals surface area contributed by atoms with Crippen LogP contribution in [0.4, 0.5) is 17.5 Å². The summed E-state index contributed by atoms with van der Waals surface area (Å²) in [5.41, 5.74) is 0.849. The molecule has 0 bridgehead atoms. The first-order chi connectivity index (χ1) is 10.6. The van der Waals surface area contributed by atoms with Gasteiger partial charge in [0.2, 0.25) is 5.95 Å². The Balaban J connectivity index is 1.72. The molecule has 0 spiro atoms. The third kappa shape index (κ3) is 3.68.